The standard InChI is InChI=1S/C15H28.CH4O/c1-10-6-8-13-11(2)7-9-14(13)15(4,5)12(10)3;1-2/h10-14H,6-9H2,1-5H3;2H,1H3/t10?,11?,12-,13?,14?;/m0./s1. The van der Waals surface area contributed by atoms with E-state index in [4.69, 9.17) is 5.11 Å². The molecular weight excluding hydrogens is 208 g/mol. The number of aliphatic hydroxyl groups excluding tert-OH is 1. The smallest absolute Gasteiger partial charge is 0.0319 e. The fourth-order valence-electron chi connectivity index (χ4n) is 4.45. The Morgan fingerprint density at radius 1 is 0.824 bits per heavy atom. The summed E-state index contributed by atoms with van der Waals surface area (Å²) in [5.41, 5.74) is 0.575. The van der Waals surface area contributed by atoms with Crippen LogP contribution < -0.4 is 0 Å². The molecular formula is C16H32O. The summed E-state index contributed by atoms with van der Waals surface area (Å²) >= 11 is 0. The van der Waals surface area contributed by atoms with Gasteiger partial charge in [-0.25, -0.2) is 0 Å². The second-order valence-electron chi connectivity index (χ2n) is 6.99. The number of aliphatic hydroxyl groups is 1. The van der Waals surface area contributed by atoms with Crippen molar-refractivity contribution in [1.82, 2.24) is 0 Å². The van der Waals surface area contributed by atoms with E-state index in [1.165, 1.54) is 25.7 Å². The van der Waals surface area contributed by atoms with Gasteiger partial charge in [0.25, 0.3) is 0 Å². The van der Waals surface area contributed by atoms with Crippen LogP contribution in [0.5, 0.6) is 0 Å². The maximum Gasteiger partial charge on any atom is 0.0319 e. The Bertz CT molecular complexity index is 234. The first-order valence-corrected chi connectivity index (χ1v) is 7.39. The molecule has 0 heterocycles. The summed E-state index contributed by atoms with van der Waals surface area (Å²) in [7, 11) is 1.00. The van der Waals surface area contributed by atoms with E-state index in [1.807, 2.05) is 0 Å². The zero-order chi connectivity index (χ0) is 13.2. The molecule has 0 bridgehead atoms. The number of hydrogen-bond donors (Lipinski definition) is 1. The second-order valence-corrected chi connectivity index (χ2v) is 6.99. The average molecular weight is 240 g/mol. The summed E-state index contributed by atoms with van der Waals surface area (Å²) in [5.74, 6) is 4.86. The highest BCUT2D eigenvalue weighted by molar-refractivity contribution is 4.96. The summed E-state index contributed by atoms with van der Waals surface area (Å²) in [6.07, 6.45) is 5.95. The third-order valence-electron chi connectivity index (χ3n) is 6.12. The zero-order valence-electron chi connectivity index (χ0n) is 12.7. The lowest BCUT2D eigenvalue weighted by molar-refractivity contribution is 0.0818. The maximum absolute atomic E-state index is 7.00. The fourth-order valence-corrected chi connectivity index (χ4v) is 4.45. The quantitative estimate of drug-likeness (QED) is 0.667. The molecule has 0 spiro atoms. The van der Waals surface area contributed by atoms with Gasteiger partial charge in [0.05, 0.1) is 0 Å². The van der Waals surface area contributed by atoms with Gasteiger partial charge in [0.15, 0.2) is 0 Å². The molecule has 1 N–H and O–H groups in total. The molecule has 1 nitrogen and oxygen atoms in total. The van der Waals surface area contributed by atoms with E-state index in [0.717, 1.165) is 36.7 Å². The minimum atomic E-state index is 0.575. The van der Waals surface area contributed by atoms with Crippen LogP contribution in [-0.2, 0) is 0 Å². The van der Waals surface area contributed by atoms with Gasteiger partial charge in [0.2, 0.25) is 0 Å². The number of fused-ring (bicyclic) bond motifs is 1. The third kappa shape index (κ3) is 2.70. The SMILES string of the molecule is CC1CCC2C1CCC(C)[C@H](C)C2(C)C.CO. The lowest BCUT2D eigenvalue weighted by Gasteiger charge is -2.40. The van der Waals surface area contributed by atoms with Gasteiger partial charge >= 0.3 is 0 Å². The molecule has 4 unspecified atom stereocenters. The van der Waals surface area contributed by atoms with Gasteiger partial charge < -0.3 is 5.11 Å². The van der Waals surface area contributed by atoms with E-state index in [2.05, 4.69) is 34.6 Å². The van der Waals surface area contributed by atoms with E-state index >= 15 is 0 Å². The van der Waals surface area contributed by atoms with Crippen LogP contribution in [0.3, 0.4) is 0 Å². The highest BCUT2D eigenvalue weighted by Crippen LogP contribution is 2.55. The van der Waals surface area contributed by atoms with Gasteiger partial charge in [0, 0.05) is 7.11 Å². The van der Waals surface area contributed by atoms with Gasteiger partial charge in [-0.1, -0.05) is 47.5 Å². The topological polar surface area (TPSA) is 20.2 Å². The first-order chi connectivity index (χ1) is 7.94. The third-order valence-corrected chi connectivity index (χ3v) is 6.12. The van der Waals surface area contributed by atoms with Crippen LogP contribution in [-0.4, -0.2) is 12.2 Å². The molecule has 0 saturated heterocycles. The number of rotatable bonds is 0. The van der Waals surface area contributed by atoms with Crippen molar-refractivity contribution in [3.8, 4) is 0 Å². The maximum atomic E-state index is 7.00. The molecule has 2 aliphatic rings. The van der Waals surface area contributed by atoms with E-state index in [0.29, 0.717) is 5.41 Å². The molecule has 0 aromatic carbocycles. The van der Waals surface area contributed by atoms with Gasteiger partial charge in [-0.2, -0.15) is 0 Å². The minimum Gasteiger partial charge on any atom is -0.400 e. The largest absolute Gasteiger partial charge is 0.400 e. The molecule has 0 aromatic heterocycles. The summed E-state index contributed by atoms with van der Waals surface area (Å²) in [5, 5.41) is 7.00. The van der Waals surface area contributed by atoms with Crippen LogP contribution >= 0.6 is 0 Å². The lowest BCUT2D eigenvalue weighted by atomic mass is 9.65. The first-order valence-electron chi connectivity index (χ1n) is 7.39. The zero-order valence-corrected chi connectivity index (χ0v) is 12.7. The minimum absolute atomic E-state index is 0.575. The van der Waals surface area contributed by atoms with E-state index in [9.17, 15) is 0 Å². The predicted molar refractivity (Wildman–Crippen MR) is 74.9 cm³/mol. The molecule has 102 valence electrons. The molecule has 0 aromatic rings. The fraction of sp³-hybridized carbons (Fsp3) is 1.00. The summed E-state index contributed by atoms with van der Waals surface area (Å²) in [4.78, 5) is 0. The van der Waals surface area contributed by atoms with Crippen LogP contribution in [0.15, 0.2) is 0 Å². The van der Waals surface area contributed by atoms with E-state index < -0.39 is 0 Å². The van der Waals surface area contributed by atoms with E-state index in [-0.39, 0.29) is 0 Å². The van der Waals surface area contributed by atoms with Crippen LogP contribution in [0.25, 0.3) is 0 Å². The number of hydrogen-bond acceptors (Lipinski definition) is 1. The Balaban J connectivity index is 0.000000686. The van der Waals surface area contributed by atoms with Crippen molar-refractivity contribution in [2.24, 2.45) is 35.0 Å². The molecule has 17 heavy (non-hydrogen) atoms. The normalized spacial score (nSPS) is 44.3. The monoisotopic (exact) mass is 240 g/mol. The van der Waals surface area contributed by atoms with Crippen molar-refractivity contribution in [2.45, 2.75) is 60.3 Å². The Kier molecular flexibility index (Phi) is 5.07. The molecule has 0 amide bonds. The van der Waals surface area contributed by atoms with Crippen molar-refractivity contribution in [2.75, 3.05) is 7.11 Å². The van der Waals surface area contributed by atoms with Crippen LogP contribution in [0.2, 0.25) is 0 Å². The Morgan fingerprint density at radius 2 is 1.35 bits per heavy atom. The highest BCUT2D eigenvalue weighted by Gasteiger charge is 2.47. The van der Waals surface area contributed by atoms with Crippen LogP contribution in [0.4, 0.5) is 0 Å². The highest BCUT2D eigenvalue weighted by atomic mass is 16.2. The average Bonchev–Trinajstić information content (AvgIpc) is 2.66. The lowest BCUT2D eigenvalue weighted by Crippen LogP contribution is -2.34. The molecule has 1 heteroatoms. The van der Waals surface area contributed by atoms with Crippen molar-refractivity contribution in [1.29, 1.82) is 0 Å². The van der Waals surface area contributed by atoms with Crippen molar-refractivity contribution in [3.63, 3.8) is 0 Å². The first kappa shape index (κ1) is 15.0. The van der Waals surface area contributed by atoms with Gasteiger partial charge in [-0.15, -0.1) is 0 Å². The molecule has 0 aliphatic heterocycles. The Labute approximate surface area is 108 Å². The molecule has 2 rings (SSSR count). The summed E-state index contributed by atoms with van der Waals surface area (Å²) < 4.78 is 0. The molecule has 2 fully saturated rings. The van der Waals surface area contributed by atoms with Crippen LogP contribution in [0, 0.1) is 35.0 Å². The van der Waals surface area contributed by atoms with Crippen molar-refractivity contribution < 1.29 is 5.11 Å². The van der Waals surface area contributed by atoms with Gasteiger partial charge in [0.1, 0.15) is 0 Å². The van der Waals surface area contributed by atoms with Crippen LogP contribution in [0.1, 0.15) is 60.3 Å². The van der Waals surface area contributed by atoms with Crippen molar-refractivity contribution in [3.05, 3.63) is 0 Å². The second kappa shape index (κ2) is 5.73. The predicted octanol–water partition coefficient (Wildman–Crippen LogP) is 4.35. The molecule has 0 radical (unpaired) electrons. The van der Waals surface area contributed by atoms with Gasteiger partial charge in [-0.3, -0.25) is 0 Å². The molecule has 2 aliphatic carbocycles. The van der Waals surface area contributed by atoms with E-state index in [1.54, 1.807) is 0 Å². The van der Waals surface area contributed by atoms with Gasteiger partial charge in [-0.05, 0) is 47.8 Å². The molecule has 5 atom stereocenters. The summed E-state index contributed by atoms with van der Waals surface area (Å²) in [6.45, 7) is 12.5. The Hall–Kier alpha value is -0.0400. The Morgan fingerprint density at radius 3 is 1.94 bits per heavy atom. The van der Waals surface area contributed by atoms with Crippen molar-refractivity contribution >= 4 is 0 Å². The molecule has 2 saturated carbocycles. The summed E-state index contributed by atoms with van der Waals surface area (Å²) in [6, 6.07) is 0.